The third kappa shape index (κ3) is 4.23. The lowest BCUT2D eigenvalue weighted by Crippen LogP contribution is -2.30. The number of hydrogen-bond acceptors (Lipinski definition) is 3. The number of thioether (sulfide) groups is 1. The number of amides is 1. The Kier molecular flexibility index (Phi) is 5.22. The number of aromatic amines is 1. The monoisotopic (exact) mass is 302 g/mol. The average Bonchev–Trinajstić information content (AvgIpc) is 2.47. The van der Waals surface area contributed by atoms with Gasteiger partial charge < -0.3 is 10.3 Å². The van der Waals surface area contributed by atoms with Crippen molar-refractivity contribution >= 4 is 17.7 Å². The summed E-state index contributed by atoms with van der Waals surface area (Å²) in [4.78, 5) is 27.0. The molecule has 1 heterocycles. The van der Waals surface area contributed by atoms with Gasteiger partial charge in [0.15, 0.2) is 0 Å². The molecular weight excluding hydrogens is 284 g/mol. The molecule has 2 aromatic rings. The first-order valence-corrected chi connectivity index (χ1v) is 7.72. The highest BCUT2D eigenvalue weighted by Crippen LogP contribution is 2.20. The molecule has 0 radical (unpaired) electrons. The number of hydrogen-bond donors (Lipinski definition) is 2. The molecule has 0 bridgehead atoms. The quantitative estimate of drug-likeness (QED) is 0.659. The molecule has 0 unspecified atom stereocenters. The van der Waals surface area contributed by atoms with Crippen molar-refractivity contribution in [3.05, 3.63) is 63.6 Å². The zero-order valence-electron chi connectivity index (χ0n) is 12.1. The van der Waals surface area contributed by atoms with Gasteiger partial charge in [-0.15, -0.1) is 11.8 Å². The van der Waals surface area contributed by atoms with E-state index in [1.54, 1.807) is 17.8 Å². The lowest BCUT2D eigenvalue weighted by atomic mass is 10.1. The van der Waals surface area contributed by atoms with Crippen molar-refractivity contribution in [2.75, 3.05) is 12.3 Å². The zero-order chi connectivity index (χ0) is 15.2. The van der Waals surface area contributed by atoms with Crippen LogP contribution in [-0.4, -0.2) is 23.2 Å². The standard InChI is InChI=1S/C16H18N2O2S/c1-11-5-6-13(10-12(11)2)21-9-8-18-16(20)14-4-3-7-17-15(14)19/h3-7,10H,8-9H2,1-2H3,(H,17,19)(H,18,20). The van der Waals surface area contributed by atoms with Crippen molar-refractivity contribution in [3.63, 3.8) is 0 Å². The molecular formula is C16H18N2O2S. The van der Waals surface area contributed by atoms with Crippen LogP contribution in [0.25, 0.3) is 0 Å². The second-order valence-corrected chi connectivity index (χ2v) is 5.93. The summed E-state index contributed by atoms with van der Waals surface area (Å²) in [7, 11) is 0. The molecule has 0 aliphatic rings. The molecule has 1 aromatic carbocycles. The second-order valence-electron chi connectivity index (χ2n) is 4.76. The summed E-state index contributed by atoms with van der Waals surface area (Å²) in [5.41, 5.74) is 2.32. The SMILES string of the molecule is Cc1ccc(SCCNC(=O)c2ccc[nH]c2=O)cc1C. The van der Waals surface area contributed by atoms with Gasteiger partial charge in [0.25, 0.3) is 11.5 Å². The number of benzene rings is 1. The highest BCUT2D eigenvalue weighted by atomic mass is 32.2. The first kappa shape index (κ1) is 15.4. The van der Waals surface area contributed by atoms with E-state index in [0.29, 0.717) is 6.54 Å². The van der Waals surface area contributed by atoms with Gasteiger partial charge in [0.1, 0.15) is 5.56 Å². The summed E-state index contributed by atoms with van der Waals surface area (Å²) in [5, 5.41) is 2.76. The van der Waals surface area contributed by atoms with Gasteiger partial charge in [0, 0.05) is 23.4 Å². The third-order valence-electron chi connectivity index (χ3n) is 3.20. The predicted molar refractivity (Wildman–Crippen MR) is 86.0 cm³/mol. The van der Waals surface area contributed by atoms with E-state index in [4.69, 9.17) is 0 Å². The smallest absolute Gasteiger partial charge is 0.260 e. The van der Waals surface area contributed by atoms with E-state index < -0.39 is 0 Å². The number of pyridine rings is 1. The van der Waals surface area contributed by atoms with Gasteiger partial charge in [0.05, 0.1) is 0 Å². The Bertz CT molecular complexity index is 695. The Balaban J connectivity index is 1.82. The summed E-state index contributed by atoms with van der Waals surface area (Å²) in [6, 6.07) is 9.48. The van der Waals surface area contributed by atoms with Crippen LogP contribution in [0.5, 0.6) is 0 Å². The van der Waals surface area contributed by atoms with Crippen LogP contribution < -0.4 is 10.9 Å². The molecule has 0 aliphatic heterocycles. The van der Waals surface area contributed by atoms with Crippen molar-refractivity contribution in [3.8, 4) is 0 Å². The van der Waals surface area contributed by atoms with E-state index >= 15 is 0 Å². The maximum Gasteiger partial charge on any atom is 0.260 e. The number of carbonyl (C=O) groups is 1. The van der Waals surface area contributed by atoms with Crippen LogP contribution in [0.3, 0.4) is 0 Å². The minimum atomic E-state index is -0.364. The number of nitrogens with one attached hydrogen (secondary N) is 2. The van der Waals surface area contributed by atoms with Crippen LogP contribution in [-0.2, 0) is 0 Å². The minimum Gasteiger partial charge on any atom is -0.351 e. The Morgan fingerprint density at radius 1 is 1.24 bits per heavy atom. The molecule has 4 nitrogen and oxygen atoms in total. The summed E-state index contributed by atoms with van der Waals surface area (Å²) in [6.45, 7) is 4.69. The number of H-pyrrole nitrogens is 1. The van der Waals surface area contributed by atoms with E-state index in [1.165, 1.54) is 28.3 Å². The molecule has 0 saturated carbocycles. The Morgan fingerprint density at radius 3 is 2.76 bits per heavy atom. The normalized spacial score (nSPS) is 10.4. The van der Waals surface area contributed by atoms with Gasteiger partial charge in [-0.1, -0.05) is 6.07 Å². The van der Waals surface area contributed by atoms with Crippen LogP contribution in [0, 0.1) is 13.8 Å². The first-order chi connectivity index (χ1) is 10.1. The molecule has 1 amide bonds. The molecule has 0 spiro atoms. The maximum absolute atomic E-state index is 11.8. The Morgan fingerprint density at radius 2 is 2.05 bits per heavy atom. The van der Waals surface area contributed by atoms with Crippen LogP contribution in [0.4, 0.5) is 0 Å². The molecule has 110 valence electrons. The number of rotatable bonds is 5. The molecule has 0 fully saturated rings. The van der Waals surface area contributed by atoms with E-state index in [0.717, 1.165) is 5.75 Å². The fraction of sp³-hybridized carbons (Fsp3) is 0.250. The van der Waals surface area contributed by atoms with Crippen LogP contribution in [0.15, 0.2) is 46.2 Å². The van der Waals surface area contributed by atoms with Crippen molar-refractivity contribution in [2.45, 2.75) is 18.7 Å². The van der Waals surface area contributed by atoms with Gasteiger partial charge in [-0.2, -0.15) is 0 Å². The third-order valence-corrected chi connectivity index (χ3v) is 4.19. The van der Waals surface area contributed by atoms with E-state index in [-0.39, 0.29) is 17.0 Å². The zero-order valence-corrected chi connectivity index (χ0v) is 12.9. The molecule has 2 N–H and O–H groups in total. The highest BCUT2D eigenvalue weighted by molar-refractivity contribution is 7.99. The number of aromatic nitrogens is 1. The summed E-state index contributed by atoms with van der Waals surface area (Å²) >= 11 is 1.68. The van der Waals surface area contributed by atoms with Crippen molar-refractivity contribution in [2.24, 2.45) is 0 Å². The van der Waals surface area contributed by atoms with Crippen molar-refractivity contribution in [1.29, 1.82) is 0 Å². The predicted octanol–water partition coefficient (Wildman–Crippen LogP) is 2.51. The van der Waals surface area contributed by atoms with Gasteiger partial charge in [-0.25, -0.2) is 0 Å². The fourth-order valence-corrected chi connectivity index (χ4v) is 2.70. The number of aryl methyl sites for hydroxylation is 2. The van der Waals surface area contributed by atoms with Crippen LogP contribution in [0.1, 0.15) is 21.5 Å². The fourth-order valence-electron chi connectivity index (χ4n) is 1.83. The van der Waals surface area contributed by atoms with Crippen molar-refractivity contribution in [1.82, 2.24) is 10.3 Å². The highest BCUT2D eigenvalue weighted by Gasteiger charge is 2.08. The molecule has 5 heteroatoms. The molecule has 21 heavy (non-hydrogen) atoms. The Hall–Kier alpha value is -2.01. The Labute approximate surface area is 128 Å². The van der Waals surface area contributed by atoms with E-state index in [2.05, 4.69) is 42.3 Å². The van der Waals surface area contributed by atoms with Gasteiger partial charge >= 0.3 is 0 Å². The molecule has 1 aromatic heterocycles. The first-order valence-electron chi connectivity index (χ1n) is 6.74. The minimum absolute atomic E-state index is 0.147. The molecule has 0 saturated heterocycles. The summed E-state index contributed by atoms with van der Waals surface area (Å²) < 4.78 is 0. The average molecular weight is 302 g/mol. The van der Waals surface area contributed by atoms with Crippen LogP contribution in [0.2, 0.25) is 0 Å². The summed E-state index contributed by atoms with van der Waals surface area (Å²) in [5.74, 6) is 0.427. The summed E-state index contributed by atoms with van der Waals surface area (Å²) in [6.07, 6.45) is 1.51. The molecule has 0 aliphatic carbocycles. The van der Waals surface area contributed by atoms with Crippen LogP contribution >= 0.6 is 11.8 Å². The maximum atomic E-state index is 11.8. The van der Waals surface area contributed by atoms with E-state index in [1.807, 2.05) is 0 Å². The van der Waals surface area contributed by atoms with E-state index in [9.17, 15) is 9.59 Å². The lowest BCUT2D eigenvalue weighted by Gasteiger charge is -2.06. The number of carbonyl (C=O) groups excluding carboxylic acids is 1. The van der Waals surface area contributed by atoms with Crippen molar-refractivity contribution < 1.29 is 4.79 Å². The lowest BCUT2D eigenvalue weighted by molar-refractivity contribution is 0.0954. The van der Waals surface area contributed by atoms with Gasteiger partial charge in [-0.05, 0) is 49.2 Å². The topological polar surface area (TPSA) is 62.0 Å². The molecule has 0 atom stereocenters. The second kappa shape index (κ2) is 7.13. The molecule has 2 rings (SSSR count). The largest absolute Gasteiger partial charge is 0.351 e. The van der Waals surface area contributed by atoms with Gasteiger partial charge in [-0.3, -0.25) is 9.59 Å². The van der Waals surface area contributed by atoms with Gasteiger partial charge in [0.2, 0.25) is 0 Å².